The van der Waals surface area contributed by atoms with Crippen molar-refractivity contribution in [2.45, 2.75) is 38.8 Å². The van der Waals surface area contributed by atoms with Crippen molar-refractivity contribution in [1.82, 2.24) is 5.32 Å². The zero-order chi connectivity index (χ0) is 13.4. The fourth-order valence-electron chi connectivity index (χ4n) is 2.83. The van der Waals surface area contributed by atoms with Crippen molar-refractivity contribution in [2.75, 3.05) is 0 Å². The monoisotopic (exact) mass is 275 g/mol. The molecule has 0 aliphatic heterocycles. The molecule has 19 heavy (non-hydrogen) atoms. The van der Waals surface area contributed by atoms with E-state index in [9.17, 15) is 4.39 Å². The minimum absolute atomic E-state index is 0.124. The average molecular weight is 275 g/mol. The lowest BCUT2D eigenvalue weighted by molar-refractivity contribution is 0.469. The Morgan fingerprint density at radius 1 is 1.32 bits per heavy atom. The fraction of sp³-hybridized carbons (Fsp3) is 0.375. The number of nitrogens with one attached hydrogen (secondary N) is 1. The van der Waals surface area contributed by atoms with E-state index in [-0.39, 0.29) is 5.82 Å². The van der Waals surface area contributed by atoms with Crippen LogP contribution in [0.25, 0.3) is 0 Å². The maximum Gasteiger partial charge on any atom is 0.123 e. The van der Waals surface area contributed by atoms with E-state index < -0.39 is 0 Å². The topological polar surface area (TPSA) is 12.0 Å². The van der Waals surface area contributed by atoms with Gasteiger partial charge in [-0.2, -0.15) is 0 Å². The summed E-state index contributed by atoms with van der Waals surface area (Å²) in [5.41, 5.74) is 2.42. The van der Waals surface area contributed by atoms with Crippen LogP contribution in [-0.2, 0) is 6.42 Å². The molecule has 1 N–H and O–H groups in total. The summed E-state index contributed by atoms with van der Waals surface area (Å²) in [7, 11) is 0. The van der Waals surface area contributed by atoms with E-state index in [1.54, 1.807) is 12.1 Å². The molecule has 0 saturated carbocycles. The van der Waals surface area contributed by atoms with Crippen molar-refractivity contribution in [3.63, 3.8) is 0 Å². The minimum Gasteiger partial charge on any atom is -0.303 e. The molecule has 1 aliphatic carbocycles. The first-order valence-corrected chi connectivity index (χ1v) is 7.56. The molecule has 100 valence electrons. The molecule has 0 spiro atoms. The van der Waals surface area contributed by atoms with E-state index in [0.717, 1.165) is 18.4 Å². The largest absolute Gasteiger partial charge is 0.303 e. The maximum atomic E-state index is 13.2. The fourth-order valence-corrected chi connectivity index (χ4v) is 3.72. The van der Waals surface area contributed by atoms with Crippen LogP contribution in [0.15, 0.2) is 30.3 Å². The van der Waals surface area contributed by atoms with E-state index in [2.05, 4.69) is 31.3 Å². The maximum absolute atomic E-state index is 13.2. The molecular formula is C16H18FNS. The lowest BCUT2D eigenvalue weighted by Gasteiger charge is -2.19. The predicted molar refractivity (Wildman–Crippen MR) is 78.1 cm³/mol. The summed E-state index contributed by atoms with van der Waals surface area (Å²) in [5, 5.41) is 3.67. The number of benzene rings is 1. The molecule has 2 unspecified atom stereocenters. The van der Waals surface area contributed by atoms with Crippen LogP contribution in [0.3, 0.4) is 0 Å². The minimum atomic E-state index is -0.124. The summed E-state index contributed by atoms with van der Waals surface area (Å²) >= 11 is 1.84. The Hall–Kier alpha value is -1.19. The third kappa shape index (κ3) is 2.58. The molecular weight excluding hydrogens is 257 g/mol. The molecule has 3 rings (SSSR count). The van der Waals surface area contributed by atoms with Gasteiger partial charge in [-0.25, -0.2) is 4.39 Å². The van der Waals surface area contributed by atoms with Crippen molar-refractivity contribution in [2.24, 2.45) is 0 Å². The number of fused-ring (bicyclic) bond motifs is 1. The molecule has 1 aromatic carbocycles. The van der Waals surface area contributed by atoms with Crippen LogP contribution in [0, 0.1) is 12.7 Å². The SMILES string of the molecule is Cc1ccc(C(C)NC2CCc3cc(F)ccc32)s1. The number of rotatable bonds is 3. The number of hydrogen-bond acceptors (Lipinski definition) is 2. The second-order valence-electron chi connectivity index (χ2n) is 5.27. The molecule has 0 fully saturated rings. The Morgan fingerprint density at radius 3 is 2.89 bits per heavy atom. The van der Waals surface area contributed by atoms with Gasteiger partial charge < -0.3 is 5.32 Å². The van der Waals surface area contributed by atoms with E-state index >= 15 is 0 Å². The molecule has 1 aliphatic rings. The molecule has 2 atom stereocenters. The highest BCUT2D eigenvalue weighted by Crippen LogP contribution is 2.34. The van der Waals surface area contributed by atoms with Gasteiger partial charge in [-0.1, -0.05) is 6.07 Å². The first-order chi connectivity index (χ1) is 9.13. The van der Waals surface area contributed by atoms with Crippen molar-refractivity contribution in [3.8, 4) is 0 Å². The van der Waals surface area contributed by atoms with Gasteiger partial charge in [-0.05, 0) is 62.1 Å². The second-order valence-corrected chi connectivity index (χ2v) is 6.59. The Labute approximate surface area is 117 Å². The summed E-state index contributed by atoms with van der Waals surface area (Å²) < 4.78 is 13.2. The summed E-state index contributed by atoms with van der Waals surface area (Å²) in [6.45, 7) is 4.33. The number of hydrogen-bond donors (Lipinski definition) is 1. The molecule has 1 aromatic heterocycles. The molecule has 2 aromatic rings. The van der Waals surface area contributed by atoms with Crippen LogP contribution in [0.1, 0.15) is 46.3 Å². The Bertz CT molecular complexity index is 590. The summed E-state index contributed by atoms with van der Waals surface area (Å²) in [6.07, 6.45) is 2.04. The van der Waals surface area contributed by atoms with Gasteiger partial charge in [0.1, 0.15) is 5.82 Å². The molecule has 1 heterocycles. The molecule has 0 saturated heterocycles. The van der Waals surface area contributed by atoms with Crippen LogP contribution in [-0.4, -0.2) is 0 Å². The Balaban J connectivity index is 1.76. The number of thiophene rings is 1. The molecule has 1 nitrogen and oxygen atoms in total. The van der Waals surface area contributed by atoms with E-state index in [1.807, 2.05) is 17.4 Å². The van der Waals surface area contributed by atoms with Crippen LogP contribution in [0.4, 0.5) is 4.39 Å². The standard InChI is InChI=1S/C16H18FNS/c1-10-3-8-16(19-10)11(2)18-15-7-4-12-9-13(17)5-6-14(12)15/h3,5-6,8-9,11,15,18H,4,7H2,1-2H3. The van der Waals surface area contributed by atoms with E-state index in [4.69, 9.17) is 0 Å². The second kappa shape index (κ2) is 5.06. The van der Waals surface area contributed by atoms with Gasteiger partial charge in [0.15, 0.2) is 0 Å². The highest BCUT2D eigenvalue weighted by molar-refractivity contribution is 7.12. The molecule has 0 bridgehead atoms. The molecule has 0 amide bonds. The van der Waals surface area contributed by atoms with E-state index in [0.29, 0.717) is 12.1 Å². The van der Waals surface area contributed by atoms with Gasteiger partial charge in [-0.15, -0.1) is 11.3 Å². The molecule has 0 radical (unpaired) electrons. The zero-order valence-corrected chi connectivity index (χ0v) is 12.1. The predicted octanol–water partition coefficient (Wildman–Crippen LogP) is 4.53. The first kappa shape index (κ1) is 12.8. The van der Waals surface area contributed by atoms with Crippen molar-refractivity contribution in [3.05, 3.63) is 57.0 Å². The van der Waals surface area contributed by atoms with Gasteiger partial charge in [0, 0.05) is 21.8 Å². The lowest BCUT2D eigenvalue weighted by atomic mass is 10.1. The zero-order valence-electron chi connectivity index (χ0n) is 11.2. The average Bonchev–Trinajstić information content (AvgIpc) is 2.96. The smallest absolute Gasteiger partial charge is 0.123 e. The highest BCUT2D eigenvalue weighted by Gasteiger charge is 2.24. The Kier molecular flexibility index (Phi) is 3.42. The third-order valence-corrected chi connectivity index (χ3v) is 5.01. The first-order valence-electron chi connectivity index (χ1n) is 6.74. The van der Waals surface area contributed by atoms with Crippen LogP contribution < -0.4 is 5.32 Å². The van der Waals surface area contributed by atoms with Gasteiger partial charge in [0.05, 0.1) is 0 Å². The lowest BCUT2D eigenvalue weighted by Crippen LogP contribution is -2.22. The summed E-state index contributed by atoms with van der Waals surface area (Å²) in [4.78, 5) is 2.71. The number of halogens is 1. The quantitative estimate of drug-likeness (QED) is 0.867. The summed E-state index contributed by atoms with van der Waals surface area (Å²) in [6, 6.07) is 10.2. The van der Waals surface area contributed by atoms with Crippen molar-refractivity contribution >= 4 is 11.3 Å². The van der Waals surface area contributed by atoms with Crippen molar-refractivity contribution < 1.29 is 4.39 Å². The van der Waals surface area contributed by atoms with Gasteiger partial charge >= 0.3 is 0 Å². The summed E-state index contributed by atoms with van der Waals surface area (Å²) in [5.74, 6) is -0.124. The van der Waals surface area contributed by atoms with Gasteiger partial charge in [0.2, 0.25) is 0 Å². The van der Waals surface area contributed by atoms with E-state index in [1.165, 1.54) is 15.3 Å². The van der Waals surface area contributed by atoms with Crippen molar-refractivity contribution in [1.29, 1.82) is 0 Å². The molecule has 3 heteroatoms. The van der Waals surface area contributed by atoms with Crippen LogP contribution >= 0.6 is 11.3 Å². The van der Waals surface area contributed by atoms with Crippen LogP contribution in [0.5, 0.6) is 0 Å². The normalized spacial score (nSPS) is 19.4. The van der Waals surface area contributed by atoms with Gasteiger partial charge in [-0.3, -0.25) is 0 Å². The Morgan fingerprint density at radius 2 is 2.16 bits per heavy atom. The van der Waals surface area contributed by atoms with Crippen LogP contribution in [0.2, 0.25) is 0 Å². The van der Waals surface area contributed by atoms with Gasteiger partial charge in [0.25, 0.3) is 0 Å². The highest BCUT2D eigenvalue weighted by atomic mass is 32.1. The number of aryl methyl sites for hydroxylation is 2. The third-order valence-electron chi connectivity index (χ3n) is 3.82.